The van der Waals surface area contributed by atoms with Gasteiger partial charge in [-0.3, -0.25) is 10.00 Å². The van der Waals surface area contributed by atoms with Crippen LogP contribution in [0.4, 0.5) is 4.79 Å². The van der Waals surface area contributed by atoms with Gasteiger partial charge in [-0.1, -0.05) is 0 Å². The van der Waals surface area contributed by atoms with E-state index in [9.17, 15) is 4.79 Å². The fraction of sp³-hybridized carbons (Fsp3) is 0.550. The summed E-state index contributed by atoms with van der Waals surface area (Å²) in [6.07, 6.45) is -0.257. The second kappa shape index (κ2) is 8.69. The maximum atomic E-state index is 12.2. The van der Waals surface area contributed by atoms with Crippen LogP contribution in [0.1, 0.15) is 26.6 Å². The van der Waals surface area contributed by atoms with Gasteiger partial charge in [0, 0.05) is 31.7 Å². The topological polar surface area (TPSA) is 92.8 Å². The van der Waals surface area contributed by atoms with Crippen LogP contribution in [-0.2, 0) is 11.3 Å². The first-order valence-electron chi connectivity index (χ1n) is 9.63. The second-order valence-corrected chi connectivity index (χ2v) is 7.92. The van der Waals surface area contributed by atoms with Crippen molar-refractivity contribution in [3.05, 3.63) is 24.0 Å². The highest BCUT2D eigenvalue weighted by Gasteiger charge is 2.26. The minimum atomic E-state index is -0.478. The molecule has 0 bridgehead atoms. The van der Waals surface area contributed by atoms with Crippen molar-refractivity contribution in [1.82, 2.24) is 25.0 Å². The van der Waals surface area contributed by atoms with Crippen molar-refractivity contribution in [2.75, 3.05) is 40.4 Å². The van der Waals surface area contributed by atoms with Crippen LogP contribution < -0.4 is 9.47 Å². The third-order valence-corrected chi connectivity index (χ3v) is 4.57. The maximum Gasteiger partial charge on any atom is 0.410 e. The second-order valence-electron chi connectivity index (χ2n) is 7.92. The molecule has 0 spiro atoms. The monoisotopic (exact) mass is 403 g/mol. The van der Waals surface area contributed by atoms with E-state index in [1.165, 1.54) is 0 Å². The minimum absolute atomic E-state index is 0.257. The molecule has 0 saturated carbocycles. The fourth-order valence-corrected chi connectivity index (χ4v) is 3.10. The molecule has 1 aliphatic heterocycles. The lowest BCUT2D eigenvalue weighted by atomic mass is 10.2. The van der Waals surface area contributed by atoms with Gasteiger partial charge in [0.25, 0.3) is 0 Å². The first-order valence-corrected chi connectivity index (χ1v) is 9.63. The molecule has 3 rings (SSSR count). The summed E-state index contributed by atoms with van der Waals surface area (Å²) in [6.45, 7) is 9.04. The van der Waals surface area contributed by atoms with Gasteiger partial charge in [0.1, 0.15) is 11.4 Å². The van der Waals surface area contributed by atoms with E-state index in [4.69, 9.17) is 14.2 Å². The predicted molar refractivity (Wildman–Crippen MR) is 108 cm³/mol. The molecule has 1 aliphatic rings. The smallest absolute Gasteiger partial charge is 0.410 e. The molecule has 1 aromatic heterocycles. The summed E-state index contributed by atoms with van der Waals surface area (Å²) >= 11 is 0. The lowest BCUT2D eigenvalue weighted by Gasteiger charge is -2.35. The molecule has 1 N–H and O–H groups in total. The van der Waals surface area contributed by atoms with Crippen LogP contribution in [-0.4, -0.2) is 77.1 Å². The summed E-state index contributed by atoms with van der Waals surface area (Å²) in [5.41, 5.74) is 0.370. The third-order valence-electron chi connectivity index (χ3n) is 4.57. The molecule has 0 unspecified atom stereocenters. The number of rotatable bonds is 5. The van der Waals surface area contributed by atoms with Gasteiger partial charge in [0.2, 0.25) is 0 Å². The number of methoxy groups -OCH3 is 2. The van der Waals surface area contributed by atoms with E-state index in [1.807, 2.05) is 39.0 Å². The molecular weight excluding hydrogens is 374 g/mol. The largest absolute Gasteiger partial charge is 0.493 e. The van der Waals surface area contributed by atoms with Gasteiger partial charge in [-0.05, 0) is 39.0 Å². The van der Waals surface area contributed by atoms with Crippen molar-refractivity contribution in [2.45, 2.75) is 32.9 Å². The molecule has 0 aliphatic carbocycles. The van der Waals surface area contributed by atoms with Crippen molar-refractivity contribution in [2.24, 2.45) is 0 Å². The number of benzene rings is 1. The summed E-state index contributed by atoms with van der Waals surface area (Å²) in [7, 11) is 3.20. The van der Waals surface area contributed by atoms with Crippen molar-refractivity contribution in [3.8, 4) is 22.9 Å². The number of hydrogen-bond donors (Lipinski definition) is 1. The lowest BCUT2D eigenvalue weighted by molar-refractivity contribution is 0.0137. The minimum Gasteiger partial charge on any atom is -0.493 e. The Morgan fingerprint density at radius 3 is 2.41 bits per heavy atom. The number of carbonyl (C=O) groups excluding carboxylic acids is 1. The Kier molecular flexibility index (Phi) is 6.26. The van der Waals surface area contributed by atoms with E-state index in [1.54, 1.807) is 19.1 Å². The van der Waals surface area contributed by atoms with Crippen LogP contribution in [0.5, 0.6) is 11.5 Å². The molecule has 158 valence electrons. The zero-order chi connectivity index (χ0) is 21.0. The molecule has 0 atom stereocenters. The van der Waals surface area contributed by atoms with E-state index in [-0.39, 0.29) is 6.09 Å². The van der Waals surface area contributed by atoms with Gasteiger partial charge in [0.15, 0.2) is 17.3 Å². The number of amides is 1. The summed E-state index contributed by atoms with van der Waals surface area (Å²) in [6, 6.07) is 5.58. The first kappa shape index (κ1) is 20.9. The molecule has 1 aromatic carbocycles. The number of piperazine rings is 1. The summed E-state index contributed by atoms with van der Waals surface area (Å²) in [5, 5.41) is 7.33. The van der Waals surface area contributed by atoms with E-state index >= 15 is 0 Å². The van der Waals surface area contributed by atoms with E-state index < -0.39 is 5.60 Å². The Bertz CT molecular complexity index is 838. The number of carbonyl (C=O) groups is 1. The number of aromatic nitrogens is 3. The van der Waals surface area contributed by atoms with E-state index in [2.05, 4.69) is 20.1 Å². The molecule has 2 aromatic rings. The number of hydrogen-bond acceptors (Lipinski definition) is 7. The first-order chi connectivity index (χ1) is 13.8. The molecule has 2 heterocycles. The van der Waals surface area contributed by atoms with Crippen molar-refractivity contribution < 1.29 is 19.0 Å². The van der Waals surface area contributed by atoms with E-state index in [0.29, 0.717) is 37.0 Å². The zero-order valence-corrected chi connectivity index (χ0v) is 17.7. The highest BCUT2D eigenvalue weighted by Crippen LogP contribution is 2.31. The highest BCUT2D eigenvalue weighted by atomic mass is 16.6. The zero-order valence-electron chi connectivity index (χ0n) is 17.7. The Labute approximate surface area is 171 Å². The van der Waals surface area contributed by atoms with Crippen LogP contribution in [0.3, 0.4) is 0 Å². The molecule has 1 amide bonds. The number of H-pyrrole nitrogens is 1. The van der Waals surface area contributed by atoms with Gasteiger partial charge in [0.05, 0.1) is 20.8 Å². The number of nitrogens with one attached hydrogen (secondary N) is 1. The average molecular weight is 403 g/mol. The Morgan fingerprint density at radius 1 is 1.10 bits per heavy atom. The molecule has 0 radical (unpaired) electrons. The molecule has 29 heavy (non-hydrogen) atoms. The third kappa shape index (κ3) is 5.38. The van der Waals surface area contributed by atoms with Gasteiger partial charge in [-0.2, -0.15) is 5.10 Å². The SMILES string of the molecule is COc1ccc(-c2n[nH]c(CN3CCN(C(=O)OC(C)(C)C)CC3)n2)cc1OC. The Hall–Kier alpha value is -2.81. The lowest BCUT2D eigenvalue weighted by Crippen LogP contribution is -2.49. The average Bonchev–Trinajstić information content (AvgIpc) is 3.15. The predicted octanol–water partition coefficient (Wildman–Crippen LogP) is 2.54. The van der Waals surface area contributed by atoms with Crippen molar-refractivity contribution >= 4 is 6.09 Å². The maximum absolute atomic E-state index is 12.2. The Balaban J connectivity index is 1.57. The molecule has 9 heteroatoms. The normalized spacial score (nSPS) is 15.3. The fourth-order valence-electron chi connectivity index (χ4n) is 3.10. The van der Waals surface area contributed by atoms with E-state index in [0.717, 1.165) is 24.5 Å². The van der Waals surface area contributed by atoms with Crippen LogP contribution in [0.25, 0.3) is 11.4 Å². The molecule has 1 saturated heterocycles. The van der Waals surface area contributed by atoms with Crippen LogP contribution in [0.2, 0.25) is 0 Å². The molecule has 9 nitrogen and oxygen atoms in total. The standard InChI is InChI=1S/C20H29N5O4/c1-20(2,3)29-19(26)25-10-8-24(9-11-25)13-17-21-18(23-22-17)14-6-7-15(27-4)16(12-14)28-5/h6-7,12H,8-11,13H2,1-5H3,(H,21,22,23). The van der Waals surface area contributed by atoms with Crippen molar-refractivity contribution in [1.29, 1.82) is 0 Å². The molecular formula is C20H29N5O4. The van der Waals surface area contributed by atoms with Gasteiger partial charge < -0.3 is 19.1 Å². The number of nitrogens with zero attached hydrogens (tertiary/aromatic N) is 4. The van der Waals surface area contributed by atoms with Gasteiger partial charge in [-0.25, -0.2) is 9.78 Å². The van der Waals surface area contributed by atoms with Crippen LogP contribution in [0, 0.1) is 0 Å². The Morgan fingerprint density at radius 2 is 1.79 bits per heavy atom. The van der Waals surface area contributed by atoms with Crippen LogP contribution >= 0.6 is 0 Å². The van der Waals surface area contributed by atoms with Gasteiger partial charge >= 0.3 is 6.09 Å². The highest BCUT2D eigenvalue weighted by molar-refractivity contribution is 5.68. The van der Waals surface area contributed by atoms with Crippen LogP contribution in [0.15, 0.2) is 18.2 Å². The summed E-state index contributed by atoms with van der Waals surface area (Å²) < 4.78 is 16.1. The number of aromatic amines is 1. The summed E-state index contributed by atoms with van der Waals surface area (Å²) in [5.74, 6) is 2.68. The molecule has 1 fully saturated rings. The quantitative estimate of drug-likeness (QED) is 0.820. The van der Waals surface area contributed by atoms with Gasteiger partial charge in [-0.15, -0.1) is 0 Å². The summed E-state index contributed by atoms with van der Waals surface area (Å²) in [4.78, 5) is 20.8. The number of ether oxygens (including phenoxy) is 3. The van der Waals surface area contributed by atoms with Crippen molar-refractivity contribution in [3.63, 3.8) is 0 Å².